The third kappa shape index (κ3) is 4.11. The summed E-state index contributed by atoms with van der Waals surface area (Å²) in [4.78, 5) is 0. The molecule has 0 amide bonds. The molecule has 0 atom stereocenters. The minimum atomic E-state index is -2.00. The second-order valence-electron chi connectivity index (χ2n) is 3.42. The third-order valence-corrected chi connectivity index (χ3v) is 2.76. The van der Waals surface area contributed by atoms with E-state index in [-0.39, 0.29) is 0 Å². The molecule has 1 aromatic carbocycles. The maximum Gasteiger partial charge on any atom is 0.0734 e. The van der Waals surface area contributed by atoms with Gasteiger partial charge in [-0.3, -0.25) is 4.21 Å². The van der Waals surface area contributed by atoms with E-state index in [9.17, 15) is 4.21 Å². The molecular formula is C10H14ClNOS. The Morgan fingerprint density at radius 1 is 1.36 bits per heavy atom. The van der Waals surface area contributed by atoms with Crippen molar-refractivity contribution >= 4 is 21.3 Å². The molecule has 14 heavy (non-hydrogen) atoms. The third-order valence-electron chi connectivity index (χ3n) is 1.70. The van der Waals surface area contributed by atoms with Gasteiger partial charge in [0.15, 0.2) is 0 Å². The van der Waals surface area contributed by atoms with Gasteiger partial charge in [0.1, 0.15) is 0 Å². The van der Waals surface area contributed by atoms with E-state index in [4.69, 9.17) is 11.6 Å². The molecule has 0 aliphatic heterocycles. The molecule has 2 nitrogen and oxygen atoms in total. The molecule has 0 aliphatic carbocycles. The number of hydrogen-bond acceptors (Lipinski definition) is 2. The first-order chi connectivity index (χ1) is 6.51. The predicted octanol–water partition coefficient (Wildman–Crippen LogP) is 2.65. The number of benzene rings is 1. The van der Waals surface area contributed by atoms with E-state index in [1.807, 2.05) is 24.3 Å². The van der Waals surface area contributed by atoms with Crippen molar-refractivity contribution in [3.63, 3.8) is 0 Å². The molecule has 1 aromatic rings. The van der Waals surface area contributed by atoms with Crippen LogP contribution in [0.3, 0.4) is 0 Å². The van der Waals surface area contributed by atoms with Gasteiger partial charge in [-0.15, -0.1) is 11.6 Å². The summed E-state index contributed by atoms with van der Waals surface area (Å²) in [7, 11) is -2.00. The minimum absolute atomic E-state index is 0.497. The summed E-state index contributed by atoms with van der Waals surface area (Å²) in [6, 6.07) is 7.85. The molecule has 4 heteroatoms. The molecule has 0 saturated heterocycles. The molecule has 0 N–H and O–H groups in total. The summed E-state index contributed by atoms with van der Waals surface area (Å²) >= 11 is 5.70. The zero-order valence-corrected chi connectivity index (χ0v) is 9.94. The van der Waals surface area contributed by atoms with E-state index in [0.717, 1.165) is 11.1 Å². The first-order valence-electron chi connectivity index (χ1n) is 4.28. The molecule has 0 heterocycles. The molecule has 0 fully saturated rings. The second-order valence-corrected chi connectivity index (χ2v) is 6.31. The van der Waals surface area contributed by atoms with Crippen molar-refractivity contribution in [2.24, 2.45) is 4.36 Å². The number of rotatable bonds is 3. The highest BCUT2D eigenvalue weighted by molar-refractivity contribution is 7.92. The fraction of sp³-hybridized carbons (Fsp3) is 0.400. The highest BCUT2D eigenvalue weighted by atomic mass is 35.5. The van der Waals surface area contributed by atoms with Crippen LogP contribution in [0.5, 0.6) is 0 Å². The van der Waals surface area contributed by atoms with Gasteiger partial charge in [0, 0.05) is 28.1 Å². The lowest BCUT2D eigenvalue weighted by Crippen LogP contribution is -1.93. The van der Waals surface area contributed by atoms with Gasteiger partial charge in [0.05, 0.1) is 6.54 Å². The van der Waals surface area contributed by atoms with Gasteiger partial charge in [-0.2, -0.15) is 0 Å². The lowest BCUT2D eigenvalue weighted by Gasteiger charge is -2.00. The van der Waals surface area contributed by atoms with Crippen LogP contribution in [0.2, 0.25) is 0 Å². The van der Waals surface area contributed by atoms with Gasteiger partial charge in [0.2, 0.25) is 0 Å². The molecule has 0 radical (unpaired) electrons. The first kappa shape index (κ1) is 11.5. The average Bonchev–Trinajstić information content (AvgIpc) is 2.14. The summed E-state index contributed by atoms with van der Waals surface area (Å²) in [6.07, 6.45) is 3.27. The standard InChI is InChI=1S/C10H14ClNOS/c1-14(2,13)12-8-10-5-3-4-9(6-10)7-11/h3-6H,7-8H2,1-2H3. The van der Waals surface area contributed by atoms with Crippen molar-refractivity contribution in [1.29, 1.82) is 0 Å². The summed E-state index contributed by atoms with van der Waals surface area (Å²) in [5, 5.41) is 0. The summed E-state index contributed by atoms with van der Waals surface area (Å²) in [5.74, 6) is 0.501. The Hall–Kier alpha value is -0.540. The molecule has 0 spiro atoms. The molecule has 0 unspecified atom stereocenters. The first-order valence-corrected chi connectivity index (χ1v) is 7.14. The normalized spacial score (nSPS) is 11.4. The van der Waals surface area contributed by atoms with E-state index >= 15 is 0 Å². The van der Waals surface area contributed by atoms with Crippen molar-refractivity contribution in [2.45, 2.75) is 12.4 Å². The van der Waals surface area contributed by atoms with Gasteiger partial charge < -0.3 is 0 Å². The van der Waals surface area contributed by atoms with Gasteiger partial charge in [0.25, 0.3) is 0 Å². The van der Waals surface area contributed by atoms with Crippen LogP contribution in [0.1, 0.15) is 11.1 Å². The van der Waals surface area contributed by atoms with Crippen molar-refractivity contribution < 1.29 is 4.21 Å². The number of hydrogen-bond donors (Lipinski definition) is 0. The quantitative estimate of drug-likeness (QED) is 0.736. The maximum atomic E-state index is 11.3. The van der Waals surface area contributed by atoms with Crippen molar-refractivity contribution in [3.05, 3.63) is 35.4 Å². The van der Waals surface area contributed by atoms with Crippen LogP contribution in [-0.2, 0) is 22.2 Å². The molecule has 0 aliphatic rings. The van der Waals surface area contributed by atoms with Gasteiger partial charge in [-0.25, -0.2) is 4.36 Å². The lowest BCUT2D eigenvalue weighted by molar-refractivity contribution is 0.682. The topological polar surface area (TPSA) is 29.4 Å². The van der Waals surface area contributed by atoms with E-state index < -0.39 is 9.73 Å². The van der Waals surface area contributed by atoms with Gasteiger partial charge in [-0.05, 0) is 11.1 Å². The van der Waals surface area contributed by atoms with Gasteiger partial charge in [-0.1, -0.05) is 24.3 Å². The van der Waals surface area contributed by atoms with Crippen LogP contribution in [0.4, 0.5) is 0 Å². The molecule has 78 valence electrons. The number of alkyl halides is 1. The fourth-order valence-corrected chi connectivity index (χ4v) is 1.67. The van der Waals surface area contributed by atoms with Crippen molar-refractivity contribution in [2.75, 3.05) is 12.5 Å². The van der Waals surface area contributed by atoms with E-state index in [2.05, 4.69) is 4.36 Å². The molecular weight excluding hydrogens is 218 g/mol. The highest BCUT2D eigenvalue weighted by Gasteiger charge is 1.95. The smallest absolute Gasteiger partial charge is 0.0734 e. The minimum Gasteiger partial charge on any atom is -0.250 e. The monoisotopic (exact) mass is 231 g/mol. The van der Waals surface area contributed by atoms with Crippen LogP contribution in [-0.4, -0.2) is 16.7 Å². The summed E-state index contributed by atoms with van der Waals surface area (Å²) in [6.45, 7) is 0.497. The lowest BCUT2D eigenvalue weighted by atomic mass is 10.1. The Morgan fingerprint density at radius 3 is 2.57 bits per heavy atom. The zero-order valence-electron chi connectivity index (χ0n) is 8.37. The van der Waals surface area contributed by atoms with Crippen LogP contribution < -0.4 is 0 Å². The van der Waals surface area contributed by atoms with E-state index in [0.29, 0.717) is 12.4 Å². The Kier molecular flexibility index (Phi) is 3.96. The zero-order chi connectivity index (χ0) is 10.6. The molecule has 0 bridgehead atoms. The van der Waals surface area contributed by atoms with E-state index in [1.165, 1.54) is 0 Å². The fourth-order valence-electron chi connectivity index (χ4n) is 1.04. The average molecular weight is 232 g/mol. The van der Waals surface area contributed by atoms with Crippen molar-refractivity contribution in [1.82, 2.24) is 0 Å². The Bertz CT molecular complexity index is 414. The van der Waals surface area contributed by atoms with E-state index in [1.54, 1.807) is 12.5 Å². The van der Waals surface area contributed by atoms with Crippen LogP contribution in [0, 0.1) is 0 Å². The summed E-state index contributed by atoms with van der Waals surface area (Å²) < 4.78 is 15.4. The Labute approximate surface area is 90.5 Å². The molecule has 0 saturated carbocycles. The molecule has 0 aromatic heterocycles. The highest BCUT2D eigenvalue weighted by Crippen LogP contribution is 2.09. The number of halogens is 1. The largest absolute Gasteiger partial charge is 0.250 e. The second kappa shape index (κ2) is 4.80. The SMILES string of the molecule is CS(C)(=O)=NCc1cccc(CCl)c1. The van der Waals surface area contributed by atoms with Crippen molar-refractivity contribution in [3.8, 4) is 0 Å². The Balaban J connectivity index is 2.83. The molecule has 1 rings (SSSR count). The Morgan fingerprint density at radius 2 is 2.00 bits per heavy atom. The predicted molar refractivity (Wildman–Crippen MR) is 62.1 cm³/mol. The maximum absolute atomic E-state index is 11.3. The van der Waals surface area contributed by atoms with Crippen LogP contribution >= 0.6 is 11.6 Å². The number of nitrogens with zero attached hydrogens (tertiary/aromatic N) is 1. The van der Waals surface area contributed by atoms with Gasteiger partial charge >= 0.3 is 0 Å². The summed E-state index contributed by atoms with van der Waals surface area (Å²) in [5.41, 5.74) is 2.12. The van der Waals surface area contributed by atoms with Crippen LogP contribution in [0.25, 0.3) is 0 Å². The van der Waals surface area contributed by atoms with Crippen LogP contribution in [0.15, 0.2) is 28.6 Å².